The van der Waals surface area contributed by atoms with Crippen LogP contribution in [0.15, 0.2) is 35.4 Å². The van der Waals surface area contributed by atoms with Crippen LogP contribution in [0.5, 0.6) is 0 Å². The minimum absolute atomic E-state index is 0.262. The monoisotopic (exact) mass is 321 g/mol. The van der Waals surface area contributed by atoms with Crippen LogP contribution in [-0.4, -0.2) is 28.7 Å². The minimum Gasteiger partial charge on any atom is -0.253 e. The topological polar surface area (TPSA) is 64.8 Å². The molecule has 1 heterocycles. The second-order valence-electron chi connectivity index (χ2n) is 5.83. The molecule has 0 amide bonds. The van der Waals surface area contributed by atoms with Gasteiger partial charge in [0.25, 0.3) is 0 Å². The maximum atomic E-state index is 12.1. The fraction of sp³-hybridized carbons (Fsp3) is 0.500. The number of aromatic nitrogens is 3. The van der Waals surface area contributed by atoms with Gasteiger partial charge in [-0.05, 0) is 50.8 Å². The standard InChI is InChI=1S/C16H23N3O2S/c1-5-19-11-15(17-18-19)10-13(4)14-6-8-16(9-7-14)22(20,21)12(2)3/h6-9,11-13H,5,10H2,1-4H3. The Morgan fingerprint density at radius 2 is 1.77 bits per heavy atom. The molecule has 0 fully saturated rings. The summed E-state index contributed by atoms with van der Waals surface area (Å²) in [6.45, 7) is 8.34. The van der Waals surface area contributed by atoms with Crippen LogP contribution in [0.3, 0.4) is 0 Å². The average molecular weight is 321 g/mol. The van der Waals surface area contributed by atoms with Gasteiger partial charge in [0, 0.05) is 12.7 Å². The zero-order chi connectivity index (χ0) is 16.3. The van der Waals surface area contributed by atoms with Crippen LogP contribution in [0.4, 0.5) is 0 Å². The molecule has 1 aromatic heterocycles. The first-order valence-electron chi connectivity index (χ1n) is 7.57. The highest BCUT2D eigenvalue weighted by molar-refractivity contribution is 7.92. The van der Waals surface area contributed by atoms with Crippen molar-refractivity contribution in [3.63, 3.8) is 0 Å². The van der Waals surface area contributed by atoms with Gasteiger partial charge in [-0.1, -0.05) is 24.3 Å². The number of nitrogens with zero attached hydrogens (tertiary/aromatic N) is 3. The quantitative estimate of drug-likeness (QED) is 0.820. The van der Waals surface area contributed by atoms with E-state index >= 15 is 0 Å². The number of sulfone groups is 1. The van der Waals surface area contributed by atoms with E-state index in [9.17, 15) is 8.42 Å². The van der Waals surface area contributed by atoms with Crippen molar-refractivity contribution < 1.29 is 8.42 Å². The number of aryl methyl sites for hydroxylation is 1. The van der Waals surface area contributed by atoms with Gasteiger partial charge in [-0.25, -0.2) is 8.42 Å². The fourth-order valence-electron chi connectivity index (χ4n) is 2.28. The second kappa shape index (κ2) is 6.60. The van der Waals surface area contributed by atoms with E-state index in [-0.39, 0.29) is 5.92 Å². The second-order valence-corrected chi connectivity index (χ2v) is 8.34. The van der Waals surface area contributed by atoms with Crippen LogP contribution in [0, 0.1) is 0 Å². The van der Waals surface area contributed by atoms with Gasteiger partial charge in [0.1, 0.15) is 0 Å². The Labute approximate surface area is 132 Å². The molecule has 2 rings (SSSR count). The van der Waals surface area contributed by atoms with E-state index < -0.39 is 15.1 Å². The van der Waals surface area contributed by atoms with Crippen molar-refractivity contribution in [2.24, 2.45) is 0 Å². The lowest BCUT2D eigenvalue weighted by molar-refractivity contribution is 0.587. The molecule has 0 aliphatic rings. The smallest absolute Gasteiger partial charge is 0.180 e. The number of hydrogen-bond acceptors (Lipinski definition) is 4. The van der Waals surface area contributed by atoms with Crippen LogP contribution < -0.4 is 0 Å². The number of benzene rings is 1. The first-order valence-corrected chi connectivity index (χ1v) is 9.12. The molecule has 0 spiro atoms. The Kier molecular flexibility index (Phi) is 5.01. The summed E-state index contributed by atoms with van der Waals surface area (Å²) < 4.78 is 26.0. The third-order valence-corrected chi connectivity index (χ3v) is 5.99. The molecule has 0 N–H and O–H groups in total. The van der Waals surface area contributed by atoms with E-state index in [0.717, 1.165) is 24.2 Å². The summed E-state index contributed by atoms with van der Waals surface area (Å²) in [6, 6.07) is 7.18. The lowest BCUT2D eigenvalue weighted by atomic mass is 9.97. The normalized spacial score (nSPS) is 13.5. The SMILES string of the molecule is CCn1cc(CC(C)c2ccc(S(=O)(=O)C(C)C)cc2)nn1. The molecule has 0 saturated heterocycles. The number of rotatable bonds is 6. The summed E-state index contributed by atoms with van der Waals surface area (Å²) in [5.74, 6) is 0.262. The first-order chi connectivity index (χ1) is 10.3. The average Bonchev–Trinajstić information content (AvgIpc) is 2.94. The summed E-state index contributed by atoms with van der Waals surface area (Å²) in [6.07, 6.45) is 2.74. The van der Waals surface area contributed by atoms with Crippen molar-refractivity contribution in [1.29, 1.82) is 0 Å². The third kappa shape index (κ3) is 3.55. The molecular weight excluding hydrogens is 298 g/mol. The summed E-state index contributed by atoms with van der Waals surface area (Å²) in [4.78, 5) is 0.385. The minimum atomic E-state index is -3.20. The highest BCUT2D eigenvalue weighted by Gasteiger charge is 2.19. The van der Waals surface area contributed by atoms with Crippen molar-refractivity contribution in [3.05, 3.63) is 41.7 Å². The molecule has 1 atom stereocenters. The number of hydrogen-bond donors (Lipinski definition) is 0. The molecule has 0 bridgehead atoms. The van der Waals surface area contributed by atoms with Crippen LogP contribution in [0.25, 0.3) is 0 Å². The van der Waals surface area contributed by atoms with E-state index in [1.807, 2.05) is 25.3 Å². The zero-order valence-corrected chi connectivity index (χ0v) is 14.3. The van der Waals surface area contributed by atoms with Gasteiger partial charge in [0.15, 0.2) is 9.84 Å². The summed E-state index contributed by atoms with van der Waals surface area (Å²) >= 11 is 0. The predicted molar refractivity (Wildman–Crippen MR) is 86.6 cm³/mol. The first kappa shape index (κ1) is 16.7. The summed E-state index contributed by atoms with van der Waals surface area (Å²) in [5.41, 5.74) is 2.06. The van der Waals surface area contributed by atoms with Crippen molar-refractivity contribution in [2.45, 2.75) is 56.7 Å². The van der Waals surface area contributed by atoms with Crippen molar-refractivity contribution in [2.75, 3.05) is 0 Å². The molecule has 2 aromatic rings. The van der Waals surface area contributed by atoms with Gasteiger partial charge in [0.05, 0.1) is 15.8 Å². The van der Waals surface area contributed by atoms with E-state index in [0.29, 0.717) is 4.90 Å². The van der Waals surface area contributed by atoms with Crippen molar-refractivity contribution >= 4 is 9.84 Å². The van der Waals surface area contributed by atoms with Crippen molar-refractivity contribution in [3.8, 4) is 0 Å². The highest BCUT2D eigenvalue weighted by Crippen LogP contribution is 2.23. The van der Waals surface area contributed by atoms with Crippen LogP contribution >= 0.6 is 0 Å². The van der Waals surface area contributed by atoms with Crippen LogP contribution in [-0.2, 0) is 22.8 Å². The van der Waals surface area contributed by atoms with Gasteiger partial charge in [-0.15, -0.1) is 5.10 Å². The van der Waals surface area contributed by atoms with Gasteiger partial charge < -0.3 is 0 Å². The van der Waals surface area contributed by atoms with Crippen LogP contribution in [0.2, 0.25) is 0 Å². The molecular formula is C16H23N3O2S. The maximum absolute atomic E-state index is 12.1. The lowest BCUT2D eigenvalue weighted by Gasteiger charge is -2.12. The van der Waals surface area contributed by atoms with Gasteiger partial charge in [0.2, 0.25) is 0 Å². The Balaban J connectivity index is 2.13. The van der Waals surface area contributed by atoms with E-state index in [4.69, 9.17) is 0 Å². The molecule has 5 nitrogen and oxygen atoms in total. The highest BCUT2D eigenvalue weighted by atomic mass is 32.2. The Bertz CT molecular complexity index is 718. The Morgan fingerprint density at radius 1 is 1.14 bits per heavy atom. The lowest BCUT2D eigenvalue weighted by Crippen LogP contribution is -2.14. The molecule has 1 aromatic carbocycles. The Morgan fingerprint density at radius 3 is 2.27 bits per heavy atom. The molecule has 0 aliphatic heterocycles. The van der Waals surface area contributed by atoms with E-state index in [2.05, 4.69) is 17.2 Å². The van der Waals surface area contributed by atoms with Gasteiger partial charge >= 0.3 is 0 Å². The van der Waals surface area contributed by atoms with E-state index in [1.54, 1.807) is 30.7 Å². The predicted octanol–water partition coefficient (Wildman–Crippen LogP) is 2.83. The maximum Gasteiger partial charge on any atom is 0.180 e. The fourth-order valence-corrected chi connectivity index (χ4v) is 3.34. The third-order valence-electron chi connectivity index (χ3n) is 3.82. The van der Waals surface area contributed by atoms with E-state index in [1.165, 1.54) is 0 Å². The van der Waals surface area contributed by atoms with Gasteiger partial charge in [-0.3, -0.25) is 4.68 Å². The van der Waals surface area contributed by atoms with Gasteiger partial charge in [-0.2, -0.15) is 0 Å². The zero-order valence-electron chi connectivity index (χ0n) is 13.5. The molecule has 6 heteroatoms. The molecule has 0 saturated carbocycles. The summed E-state index contributed by atoms with van der Waals surface area (Å²) in [7, 11) is -3.20. The van der Waals surface area contributed by atoms with Crippen LogP contribution in [0.1, 0.15) is 44.9 Å². The molecule has 120 valence electrons. The molecule has 0 aliphatic carbocycles. The summed E-state index contributed by atoms with van der Waals surface area (Å²) in [5, 5.41) is 7.78. The molecule has 1 unspecified atom stereocenters. The molecule has 0 radical (unpaired) electrons. The molecule has 22 heavy (non-hydrogen) atoms. The van der Waals surface area contributed by atoms with Crippen molar-refractivity contribution in [1.82, 2.24) is 15.0 Å². The largest absolute Gasteiger partial charge is 0.253 e. The Hall–Kier alpha value is -1.69.